The van der Waals surface area contributed by atoms with E-state index >= 15 is 0 Å². The van der Waals surface area contributed by atoms with Crippen LogP contribution >= 0.6 is 0 Å². The first kappa shape index (κ1) is 8.60. The first-order valence-corrected chi connectivity index (χ1v) is 3.18. The average molecular weight is 174 g/mol. The summed E-state index contributed by atoms with van der Waals surface area (Å²) in [7, 11) is 0. The predicted octanol–water partition coefficient (Wildman–Crippen LogP) is 0.287. The van der Waals surface area contributed by atoms with Crippen molar-refractivity contribution < 1.29 is 9.31 Å². The van der Waals surface area contributed by atoms with E-state index in [2.05, 4.69) is 10.2 Å². The fourth-order valence-corrected chi connectivity index (χ4v) is 0.784. The number of nitrogens with zero attached hydrogens (tertiary/aromatic N) is 2. The second kappa shape index (κ2) is 3.26. The van der Waals surface area contributed by atoms with Gasteiger partial charge in [0.05, 0.1) is 4.92 Å². The third-order valence-corrected chi connectivity index (χ3v) is 1.36. The molecule has 0 aliphatic rings. The monoisotopic (exact) mass is 174 g/mol. The first-order valence-electron chi connectivity index (χ1n) is 3.18. The van der Waals surface area contributed by atoms with Crippen LogP contribution in [0.3, 0.4) is 0 Å². The molecule has 3 N–H and O–H groups in total. The van der Waals surface area contributed by atoms with Gasteiger partial charge < -0.3 is 5.73 Å². The lowest BCUT2D eigenvalue weighted by atomic mass is 10.2. The van der Waals surface area contributed by atoms with Gasteiger partial charge in [-0.1, -0.05) is 0 Å². The summed E-state index contributed by atoms with van der Waals surface area (Å²) in [6.45, 7) is -0.303. The highest BCUT2D eigenvalue weighted by molar-refractivity contribution is 5.33. The SMILES string of the molecule is NCC(F)c1[nH]ncc1[N+](=O)[O-]. The van der Waals surface area contributed by atoms with E-state index in [4.69, 9.17) is 5.73 Å². The Morgan fingerprint density at radius 3 is 3.08 bits per heavy atom. The van der Waals surface area contributed by atoms with E-state index in [9.17, 15) is 14.5 Å². The maximum absolute atomic E-state index is 12.8. The number of aromatic nitrogens is 2. The molecule has 0 aromatic carbocycles. The predicted molar refractivity (Wildman–Crippen MR) is 38.1 cm³/mol. The molecule has 0 aliphatic heterocycles. The zero-order valence-electron chi connectivity index (χ0n) is 6.03. The molecule has 7 heteroatoms. The van der Waals surface area contributed by atoms with Crippen molar-refractivity contribution in [2.24, 2.45) is 5.73 Å². The Morgan fingerprint density at radius 1 is 1.92 bits per heavy atom. The van der Waals surface area contributed by atoms with Crippen LogP contribution in [0.2, 0.25) is 0 Å². The smallest absolute Gasteiger partial charge is 0.312 e. The summed E-state index contributed by atoms with van der Waals surface area (Å²) >= 11 is 0. The summed E-state index contributed by atoms with van der Waals surface area (Å²) in [5.41, 5.74) is 4.44. The minimum Gasteiger partial charge on any atom is -0.327 e. The average Bonchev–Trinajstić information content (AvgIpc) is 2.50. The molecule has 1 rings (SSSR count). The van der Waals surface area contributed by atoms with Gasteiger partial charge in [0.25, 0.3) is 0 Å². The number of nitrogens with two attached hydrogens (primary N) is 1. The van der Waals surface area contributed by atoms with Gasteiger partial charge in [0.2, 0.25) is 0 Å². The lowest BCUT2D eigenvalue weighted by Gasteiger charge is -1.99. The highest BCUT2D eigenvalue weighted by Gasteiger charge is 2.22. The van der Waals surface area contributed by atoms with Gasteiger partial charge in [0, 0.05) is 6.54 Å². The van der Waals surface area contributed by atoms with Gasteiger partial charge in [-0.2, -0.15) is 5.10 Å². The third kappa shape index (κ3) is 1.40. The number of aromatic amines is 1. The number of alkyl halides is 1. The minimum absolute atomic E-state index is 0.178. The van der Waals surface area contributed by atoms with Crippen LogP contribution in [-0.4, -0.2) is 21.7 Å². The van der Waals surface area contributed by atoms with Crippen molar-refractivity contribution in [3.05, 3.63) is 22.0 Å². The number of hydrogen-bond donors (Lipinski definition) is 2. The van der Waals surface area contributed by atoms with E-state index in [1.54, 1.807) is 0 Å². The normalized spacial score (nSPS) is 12.8. The lowest BCUT2D eigenvalue weighted by Crippen LogP contribution is -2.09. The standard InChI is InChI=1S/C5H7FN4O2/c6-3(1-7)5-4(10(11)12)2-8-9-5/h2-3H,1,7H2,(H,8,9). The Kier molecular flexibility index (Phi) is 2.34. The largest absolute Gasteiger partial charge is 0.327 e. The fourth-order valence-electron chi connectivity index (χ4n) is 0.784. The Hall–Kier alpha value is -1.50. The summed E-state index contributed by atoms with van der Waals surface area (Å²) in [4.78, 5) is 9.53. The van der Waals surface area contributed by atoms with Gasteiger partial charge in [-0.15, -0.1) is 0 Å². The van der Waals surface area contributed by atoms with Crippen molar-refractivity contribution in [2.45, 2.75) is 6.17 Å². The summed E-state index contributed by atoms with van der Waals surface area (Å²) < 4.78 is 12.8. The van der Waals surface area contributed by atoms with Crippen LogP contribution in [0.5, 0.6) is 0 Å². The molecule has 0 bridgehead atoms. The molecular formula is C5H7FN4O2. The van der Waals surface area contributed by atoms with Crippen LogP contribution in [0, 0.1) is 10.1 Å². The van der Waals surface area contributed by atoms with Crippen molar-refractivity contribution in [1.29, 1.82) is 0 Å². The summed E-state index contributed by atoms with van der Waals surface area (Å²) in [5, 5.41) is 15.8. The highest BCUT2D eigenvalue weighted by atomic mass is 19.1. The molecule has 0 saturated carbocycles. The topological polar surface area (TPSA) is 97.8 Å². The Morgan fingerprint density at radius 2 is 2.58 bits per heavy atom. The summed E-state index contributed by atoms with van der Waals surface area (Å²) in [5.74, 6) is 0. The maximum Gasteiger partial charge on any atom is 0.312 e. The molecule has 0 saturated heterocycles. The van der Waals surface area contributed by atoms with Gasteiger partial charge in [0.1, 0.15) is 11.9 Å². The first-order chi connectivity index (χ1) is 5.66. The van der Waals surface area contributed by atoms with Crippen molar-refractivity contribution in [1.82, 2.24) is 10.2 Å². The zero-order valence-corrected chi connectivity index (χ0v) is 6.03. The Bertz CT molecular complexity index is 287. The second-order valence-electron chi connectivity index (χ2n) is 2.13. The highest BCUT2D eigenvalue weighted by Crippen LogP contribution is 2.23. The van der Waals surface area contributed by atoms with E-state index in [-0.39, 0.29) is 17.9 Å². The molecular weight excluding hydrogens is 167 g/mol. The molecule has 0 aliphatic carbocycles. The zero-order chi connectivity index (χ0) is 9.14. The molecule has 1 aromatic rings. The Labute approximate surface area is 66.7 Å². The number of hydrogen-bond acceptors (Lipinski definition) is 4. The lowest BCUT2D eigenvalue weighted by molar-refractivity contribution is -0.386. The van der Waals surface area contributed by atoms with E-state index in [1.807, 2.05) is 0 Å². The van der Waals surface area contributed by atoms with Gasteiger partial charge >= 0.3 is 5.69 Å². The minimum atomic E-state index is -1.56. The number of nitro groups is 1. The van der Waals surface area contributed by atoms with E-state index in [0.29, 0.717) is 0 Å². The van der Waals surface area contributed by atoms with Crippen LogP contribution in [0.15, 0.2) is 6.20 Å². The molecule has 0 amide bonds. The van der Waals surface area contributed by atoms with Crippen molar-refractivity contribution in [2.75, 3.05) is 6.54 Å². The van der Waals surface area contributed by atoms with Crippen molar-refractivity contribution >= 4 is 5.69 Å². The number of halogens is 1. The van der Waals surface area contributed by atoms with Gasteiger partial charge in [-0.05, 0) is 0 Å². The van der Waals surface area contributed by atoms with Crippen LogP contribution < -0.4 is 5.73 Å². The maximum atomic E-state index is 12.8. The molecule has 1 atom stereocenters. The van der Waals surface area contributed by atoms with Crippen molar-refractivity contribution in [3.63, 3.8) is 0 Å². The molecule has 6 nitrogen and oxygen atoms in total. The quantitative estimate of drug-likeness (QED) is 0.508. The van der Waals surface area contributed by atoms with Crippen molar-refractivity contribution in [3.8, 4) is 0 Å². The van der Waals surface area contributed by atoms with E-state index in [1.165, 1.54) is 0 Å². The summed E-state index contributed by atoms with van der Waals surface area (Å²) in [6, 6.07) is 0. The van der Waals surface area contributed by atoms with Gasteiger partial charge in [-0.3, -0.25) is 15.2 Å². The van der Waals surface area contributed by atoms with E-state index < -0.39 is 11.1 Å². The van der Waals surface area contributed by atoms with Crippen LogP contribution in [0.4, 0.5) is 10.1 Å². The van der Waals surface area contributed by atoms with Crippen LogP contribution in [-0.2, 0) is 0 Å². The third-order valence-electron chi connectivity index (χ3n) is 1.36. The molecule has 1 heterocycles. The van der Waals surface area contributed by atoms with Gasteiger partial charge in [-0.25, -0.2) is 4.39 Å². The molecule has 0 fully saturated rings. The summed E-state index contributed by atoms with van der Waals surface area (Å²) in [6.07, 6.45) is -0.606. The number of rotatable bonds is 3. The number of nitrogens with one attached hydrogen (secondary N) is 1. The van der Waals surface area contributed by atoms with Crippen LogP contribution in [0.1, 0.15) is 11.9 Å². The fraction of sp³-hybridized carbons (Fsp3) is 0.400. The van der Waals surface area contributed by atoms with Crippen LogP contribution in [0.25, 0.3) is 0 Å². The van der Waals surface area contributed by atoms with E-state index in [0.717, 1.165) is 6.20 Å². The molecule has 66 valence electrons. The second-order valence-corrected chi connectivity index (χ2v) is 2.13. The number of H-pyrrole nitrogens is 1. The molecule has 0 radical (unpaired) electrons. The molecule has 1 aromatic heterocycles. The van der Waals surface area contributed by atoms with Gasteiger partial charge in [0.15, 0.2) is 6.17 Å². The molecule has 12 heavy (non-hydrogen) atoms. The Balaban J connectivity index is 2.98. The molecule has 1 unspecified atom stereocenters. The molecule has 0 spiro atoms.